The largest absolute Gasteiger partial charge is 0.481 e. The van der Waals surface area contributed by atoms with Gasteiger partial charge in [0.1, 0.15) is 15.9 Å². The van der Waals surface area contributed by atoms with E-state index in [0.717, 1.165) is 27.9 Å². The van der Waals surface area contributed by atoms with Gasteiger partial charge in [0.05, 0.1) is 7.11 Å². The summed E-state index contributed by atoms with van der Waals surface area (Å²) in [7, 11) is 1.62. The first-order chi connectivity index (χ1) is 11.7. The molecule has 0 radical (unpaired) electrons. The monoisotopic (exact) mass is 347 g/mol. The fourth-order valence-corrected chi connectivity index (χ4v) is 5.25. The highest BCUT2D eigenvalue weighted by Crippen LogP contribution is 2.50. The van der Waals surface area contributed by atoms with E-state index in [0.29, 0.717) is 11.8 Å². The third-order valence-electron chi connectivity index (χ3n) is 5.66. The molecule has 2 bridgehead atoms. The van der Waals surface area contributed by atoms with Gasteiger partial charge in [-0.25, -0.2) is 15.4 Å². The van der Waals surface area contributed by atoms with E-state index in [4.69, 9.17) is 9.57 Å². The number of ether oxygens (including phenoxy) is 1. The Hall–Kier alpha value is -1.48. The number of hydrogen-bond acceptors (Lipinski definition) is 8. The summed E-state index contributed by atoms with van der Waals surface area (Å²) in [4.78, 5) is 16.1. The van der Waals surface area contributed by atoms with Crippen LogP contribution in [0.15, 0.2) is 12.1 Å². The van der Waals surface area contributed by atoms with Crippen molar-refractivity contribution >= 4 is 26.8 Å². The molecule has 3 aliphatic carbocycles. The second-order valence-electron chi connectivity index (χ2n) is 7.02. The zero-order valence-electron chi connectivity index (χ0n) is 13.6. The van der Waals surface area contributed by atoms with Crippen LogP contribution < -0.4 is 15.6 Å². The van der Waals surface area contributed by atoms with Crippen LogP contribution in [0.2, 0.25) is 0 Å². The van der Waals surface area contributed by atoms with Gasteiger partial charge in [-0.15, -0.1) is 0 Å². The summed E-state index contributed by atoms with van der Waals surface area (Å²) < 4.78 is 5.17. The molecule has 1 atom stereocenters. The Bertz CT molecular complexity index is 760. The van der Waals surface area contributed by atoms with Crippen molar-refractivity contribution < 1.29 is 9.57 Å². The number of nitrogens with one attached hydrogen (secondary N) is 2. The summed E-state index contributed by atoms with van der Waals surface area (Å²) in [6.45, 7) is 0.873. The minimum atomic E-state index is -0.0354. The van der Waals surface area contributed by atoms with Crippen LogP contribution in [-0.2, 0) is 4.84 Å². The quantitative estimate of drug-likeness (QED) is 0.884. The third kappa shape index (κ3) is 2.36. The van der Waals surface area contributed by atoms with Gasteiger partial charge in [-0.2, -0.15) is 0 Å². The van der Waals surface area contributed by atoms with E-state index in [1.807, 2.05) is 12.1 Å². The summed E-state index contributed by atoms with van der Waals surface area (Å²) >= 11 is 1.49. The Morgan fingerprint density at radius 3 is 2.96 bits per heavy atom. The molecule has 4 fully saturated rings. The molecule has 0 unspecified atom stereocenters. The SMILES string of the molecule is COc1ccc2nc(NN3NC[C@]4(CC5CCC4CC5)O3)sc2n1. The van der Waals surface area contributed by atoms with Crippen LogP contribution in [0.3, 0.4) is 0 Å². The van der Waals surface area contributed by atoms with Gasteiger partial charge in [-0.05, 0) is 55.3 Å². The number of anilines is 1. The van der Waals surface area contributed by atoms with Crippen LogP contribution in [0.25, 0.3) is 10.3 Å². The van der Waals surface area contributed by atoms with Gasteiger partial charge in [0.25, 0.3) is 0 Å². The lowest BCUT2D eigenvalue weighted by molar-refractivity contribution is -0.235. The van der Waals surface area contributed by atoms with Crippen molar-refractivity contribution in [3.05, 3.63) is 12.1 Å². The molecule has 1 aliphatic heterocycles. The lowest BCUT2D eigenvalue weighted by Crippen LogP contribution is -2.50. The van der Waals surface area contributed by atoms with Gasteiger partial charge in [0.2, 0.25) is 11.0 Å². The Labute approximate surface area is 144 Å². The average Bonchev–Trinajstić information content (AvgIpc) is 3.19. The van der Waals surface area contributed by atoms with E-state index in [1.54, 1.807) is 12.4 Å². The highest BCUT2D eigenvalue weighted by molar-refractivity contribution is 7.21. The zero-order valence-corrected chi connectivity index (χ0v) is 14.4. The van der Waals surface area contributed by atoms with Gasteiger partial charge in [0, 0.05) is 12.6 Å². The van der Waals surface area contributed by atoms with E-state index in [-0.39, 0.29) is 5.60 Å². The molecular formula is C16H21N5O2S. The summed E-state index contributed by atoms with van der Waals surface area (Å²) in [6, 6.07) is 3.74. The predicted octanol–water partition coefficient (Wildman–Crippen LogP) is 2.73. The smallest absolute Gasteiger partial charge is 0.214 e. The molecule has 0 aromatic carbocycles. The Morgan fingerprint density at radius 1 is 1.33 bits per heavy atom. The number of hydrogen-bond donors (Lipinski definition) is 2. The van der Waals surface area contributed by atoms with Crippen molar-refractivity contribution in [2.45, 2.75) is 37.7 Å². The fourth-order valence-electron chi connectivity index (χ4n) is 4.44. The summed E-state index contributed by atoms with van der Waals surface area (Å²) in [5.41, 5.74) is 7.38. The van der Waals surface area contributed by atoms with Crippen molar-refractivity contribution in [1.29, 1.82) is 0 Å². The maximum absolute atomic E-state index is 6.30. The van der Waals surface area contributed by atoms with Crippen molar-refractivity contribution in [2.75, 3.05) is 19.1 Å². The van der Waals surface area contributed by atoms with Crippen molar-refractivity contribution in [3.8, 4) is 5.88 Å². The first kappa shape index (κ1) is 14.8. The van der Waals surface area contributed by atoms with Crippen molar-refractivity contribution in [1.82, 2.24) is 20.7 Å². The lowest BCUT2D eigenvalue weighted by Gasteiger charge is -2.47. The predicted molar refractivity (Wildman–Crippen MR) is 91.3 cm³/mol. The fraction of sp³-hybridized carbons (Fsp3) is 0.625. The highest BCUT2D eigenvalue weighted by atomic mass is 32.1. The van der Waals surface area contributed by atoms with Crippen LogP contribution >= 0.6 is 11.3 Å². The van der Waals surface area contributed by atoms with Gasteiger partial charge in [-0.3, -0.25) is 10.3 Å². The van der Waals surface area contributed by atoms with Gasteiger partial charge < -0.3 is 4.74 Å². The molecule has 0 amide bonds. The third-order valence-corrected chi connectivity index (χ3v) is 6.53. The zero-order chi connectivity index (χ0) is 16.1. The maximum atomic E-state index is 6.30. The number of aromatic nitrogens is 2. The van der Waals surface area contributed by atoms with Gasteiger partial charge in [0.15, 0.2) is 0 Å². The number of fused-ring (bicyclic) bond motifs is 3. The van der Waals surface area contributed by atoms with E-state index in [9.17, 15) is 0 Å². The summed E-state index contributed by atoms with van der Waals surface area (Å²) in [6.07, 6.45) is 6.50. The molecule has 128 valence electrons. The van der Waals surface area contributed by atoms with Crippen LogP contribution in [0.5, 0.6) is 5.88 Å². The topological polar surface area (TPSA) is 71.5 Å². The Morgan fingerprint density at radius 2 is 2.21 bits per heavy atom. The molecule has 24 heavy (non-hydrogen) atoms. The van der Waals surface area contributed by atoms with Gasteiger partial charge in [-0.1, -0.05) is 11.3 Å². The summed E-state index contributed by atoms with van der Waals surface area (Å²) in [5, 5.41) is 2.41. The molecule has 4 aliphatic rings. The van der Waals surface area contributed by atoms with Crippen LogP contribution in [0.1, 0.15) is 32.1 Å². The number of pyridine rings is 1. The Kier molecular flexibility index (Phi) is 3.41. The number of methoxy groups -OCH3 is 1. The molecular weight excluding hydrogens is 326 g/mol. The van der Waals surface area contributed by atoms with Crippen LogP contribution in [0.4, 0.5) is 5.13 Å². The van der Waals surface area contributed by atoms with Crippen LogP contribution in [-0.4, -0.2) is 34.5 Å². The van der Waals surface area contributed by atoms with E-state index >= 15 is 0 Å². The molecule has 2 N–H and O–H groups in total. The second kappa shape index (κ2) is 5.52. The normalized spacial score (nSPS) is 32.7. The number of nitrogens with zero attached hydrogens (tertiary/aromatic N) is 3. The standard InChI is InChI=1S/C16H21N5O2S/c1-22-13-7-6-12-14(19-13)24-15(18-12)20-21-17-9-16(23-21)8-10-2-4-11(16)5-3-10/h6-7,10-11,17H,2-5,8-9H2,1H3,(H,18,20)/t10?,11?,16-/m0/s1. The van der Waals surface area contributed by atoms with Crippen molar-refractivity contribution in [3.63, 3.8) is 0 Å². The Balaban J connectivity index is 1.32. The minimum absolute atomic E-state index is 0.0354. The molecule has 2 aromatic rings. The minimum Gasteiger partial charge on any atom is -0.481 e. The van der Waals surface area contributed by atoms with Crippen molar-refractivity contribution in [2.24, 2.45) is 11.8 Å². The first-order valence-electron chi connectivity index (χ1n) is 8.55. The maximum Gasteiger partial charge on any atom is 0.214 e. The van der Waals surface area contributed by atoms with Crippen LogP contribution in [0, 0.1) is 11.8 Å². The number of hydrazine groups is 2. The molecule has 1 spiro atoms. The molecule has 3 saturated carbocycles. The van der Waals surface area contributed by atoms with Gasteiger partial charge >= 0.3 is 0 Å². The molecule has 2 aromatic heterocycles. The lowest BCUT2D eigenvalue weighted by atomic mass is 9.62. The molecule has 7 nitrogen and oxygen atoms in total. The molecule has 6 rings (SSSR count). The number of rotatable bonds is 3. The number of thiazole rings is 1. The first-order valence-corrected chi connectivity index (χ1v) is 9.37. The second-order valence-corrected chi connectivity index (χ2v) is 7.99. The summed E-state index contributed by atoms with van der Waals surface area (Å²) in [5.74, 6) is 2.10. The van der Waals surface area contributed by atoms with E-state index in [2.05, 4.69) is 20.8 Å². The molecule has 3 heterocycles. The molecule has 8 heteroatoms. The van der Waals surface area contributed by atoms with E-state index < -0.39 is 0 Å². The van der Waals surface area contributed by atoms with E-state index in [1.165, 1.54) is 43.4 Å². The average molecular weight is 347 g/mol. The highest BCUT2D eigenvalue weighted by Gasteiger charge is 2.52. The molecule has 1 saturated heterocycles.